The molecule has 0 aliphatic carbocycles. The molecule has 2 amide bonds. The van der Waals surface area contributed by atoms with Crippen LogP contribution in [0.3, 0.4) is 0 Å². The van der Waals surface area contributed by atoms with Gasteiger partial charge in [-0.05, 0) is 12.8 Å². The van der Waals surface area contributed by atoms with Gasteiger partial charge in [0, 0.05) is 26.2 Å². The van der Waals surface area contributed by atoms with E-state index in [0.29, 0.717) is 4.90 Å². The minimum absolute atomic E-state index is 0.100. The van der Waals surface area contributed by atoms with Crippen LogP contribution in [-0.4, -0.2) is 60.4 Å². The molecule has 0 aromatic rings. The van der Waals surface area contributed by atoms with Crippen molar-refractivity contribution in [1.29, 1.82) is 0 Å². The number of aliphatic hydroxyl groups excluding tert-OH is 1. The van der Waals surface area contributed by atoms with Crippen molar-refractivity contribution in [2.24, 2.45) is 0 Å². The second-order valence-electron chi connectivity index (χ2n) is 3.97. The van der Waals surface area contributed by atoms with Gasteiger partial charge in [-0.1, -0.05) is 0 Å². The fourth-order valence-electron chi connectivity index (χ4n) is 1.33. The Morgan fingerprint density at radius 2 is 1.48 bits per heavy atom. The van der Waals surface area contributed by atoms with Gasteiger partial charge in [-0.3, -0.25) is 9.59 Å². The highest BCUT2D eigenvalue weighted by Gasteiger charge is 2.42. The SMILES string of the molecule is O=C(NCCCN(CCCO)C(=O)C(F)(F)F)C(F)(F)F. The molecule has 0 bridgehead atoms. The van der Waals surface area contributed by atoms with Crippen LogP contribution in [0.25, 0.3) is 0 Å². The second-order valence-corrected chi connectivity index (χ2v) is 3.97. The molecule has 0 fully saturated rings. The summed E-state index contributed by atoms with van der Waals surface area (Å²) in [5.41, 5.74) is 0. The Kier molecular flexibility index (Phi) is 7.47. The molecule has 0 heterocycles. The van der Waals surface area contributed by atoms with Crippen LogP contribution in [0.4, 0.5) is 26.3 Å². The first-order valence-corrected chi connectivity index (χ1v) is 5.82. The standard InChI is InChI=1S/C10H14F6N2O3/c11-9(12,13)7(20)17-3-1-4-18(5-2-6-19)8(21)10(14,15)16/h19H,1-6H2,(H,17,20). The summed E-state index contributed by atoms with van der Waals surface area (Å²) in [7, 11) is 0. The van der Waals surface area contributed by atoms with Gasteiger partial charge in [0.1, 0.15) is 0 Å². The van der Waals surface area contributed by atoms with Crippen molar-refractivity contribution in [3.63, 3.8) is 0 Å². The third-order valence-corrected chi connectivity index (χ3v) is 2.26. The van der Waals surface area contributed by atoms with Gasteiger partial charge < -0.3 is 15.3 Å². The van der Waals surface area contributed by atoms with E-state index in [1.54, 1.807) is 0 Å². The lowest BCUT2D eigenvalue weighted by atomic mass is 10.3. The topological polar surface area (TPSA) is 69.6 Å². The first kappa shape index (κ1) is 19.5. The number of aliphatic hydroxyl groups is 1. The minimum atomic E-state index is -5.11. The fourth-order valence-corrected chi connectivity index (χ4v) is 1.33. The summed E-state index contributed by atoms with van der Waals surface area (Å²) >= 11 is 0. The molecule has 0 unspecified atom stereocenters. The number of alkyl halides is 6. The number of nitrogens with zero attached hydrogens (tertiary/aromatic N) is 1. The van der Waals surface area contributed by atoms with Crippen LogP contribution in [0, 0.1) is 0 Å². The molecule has 0 saturated heterocycles. The predicted molar refractivity (Wildman–Crippen MR) is 58.0 cm³/mol. The third kappa shape index (κ3) is 7.73. The number of nitrogens with one attached hydrogen (secondary N) is 1. The molecule has 0 spiro atoms. The third-order valence-electron chi connectivity index (χ3n) is 2.26. The normalized spacial score (nSPS) is 12.1. The lowest BCUT2D eigenvalue weighted by molar-refractivity contribution is -0.185. The van der Waals surface area contributed by atoms with Gasteiger partial charge in [-0.25, -0.2) is 0 Å². The summed E-state index contributed by atoms with van der Waals surface area (Å²) in [5, 5.41) is 10.0. The zero-order valence-corrected chi connectivity index (χ0v) is 10.7. The van der Waals surface area contributed by atoms with E-state index in [9.17, 15) is 35.9 Å². The van der Waals surface area contributed by atoms with E-state index < -0.39 is 43.9 Å². The quantitative estimate of drug-likeness (QED) is 0.538. The molecule has 0 radical (unpaired) electrons. The van der Waals surface area contributed by atoms with Crippen LogP contribution in [0.5, 0.6) is 0 Å². The monoisotopic (exact) mass is 324 g/mol. The summed E-state index contributed by atoms with van der Waals surface area (Å²) in [6, 6.07) is 0. The Morgan fingerprint density at radius 1 is 0.952 bits per heavy atom. The molecule has 0 atom stereocenters. The van der Waals surface area contributed by atoms with Crippen LogP contribution in [-0.2, 0) is 9.59 Å². The van der Waals surface area contributed by atoms with Gasteiger partial charge in [-0.2, -0.15) is 26.3 Å². The Bertz CT molecular complexity index is 356. The minimum Gasteiger partial charge on any atom is -0.396 e. The Morgan fingerprint density at radius 3 is 1.90 bits per heavy atom. The van der Waals surface area contributed by atoms with Crippen LogP contribution in [0.1, 0.15) is 12.8 Å². The Balaban J connectivity index is 4.32. The van der Waals surface area contributed by atoms with Gasteiger partial charge >= 0.3 is 24.2 Å². The van der Waals surface area contributed by atoms with Crippen LogP contribution >= 0.6 is 0 Å². The maximum atomic E-state index is 12.2. The second kappa shape index (κ2) is 8.05. The smallest absolute Gasteiger partial charge is 0.396 e. The van der Waals surface area contributed by atoms with Crippen molar-refractivity contribution in [3.8, 4) is 0 Å². The highest BCUT2D eigenvalue weighted by Crippen LogP contribution is 2.19. The van der Waals surface area contributed by atoms with E-state index in [0.717, 1.165) is 0 Å². The molecule has 0 aromatic carbocycles. The molecular formula is C10H14F6N2O3. The summed E-state index contributed by atoms with van der Waals surface area (Å²) in [6.07, 6.45) is -10.6. The molecule has 0 rings (SSSR count). The highest BCUT2D eigenvalue weighted by atomic mass is 19.4. The molecule has 0 aliphatic heterocycles. The molecule has 0 aliphatic rings. The summed E-state index contributed by atoms with van der Waals surface area (Å²) < 4.78 is 72.2. The molecule has 124 valence electrons. The van der Waals surface area contributed by atoms with Crippen molar-refractivity contribution < 1.29 is 41.0 Å². The molecule has 11 heteroatoms. The van der Waals surface area contributed by atoms with Gasteiger partial charge in [0.2, 0.25) is 0 Å². The van der Waals surface area contributed by atoms with Gasteiger partial charge in [0.05, 0.1) is 0 Å². The number of amides is 2. The van der Waals surface area contributed by atoms with Gasteiger partial charge in [0.15, 0.2) is 0 Å². The van der Waals surface area contributed by atoms with Crippen molar-refractivity contribution in [1.82, 2.24) is 10.2 Å². The summed E-state index contributed by atoms with van der Waals surface area (Å²) in [5.74, 6) is -4.34. The number of rotatable bonds is 7. The number of carbonyl (C=O) groups is 2. The highest BCUT2D eigenvalue weighted by molar-refractivity contribution is 5.82. The maximum absolute atomic E-state index is 12.2. The molecule has 0 saturated carbocycles. The zero-order valence-electron chi connectivity index (χ0n) is 10.7. The van der Waals surface area contributed by atoms with Crippen molar-refractivity contribution in [2.75, 3.05) is 26.2 Å². The van der Waals surface area contributed by atoms with Crippen molar-refractivity contribution >= 4 is 11.8 Å². The van der Waals surface area contributed by atoms with E-state index >= 15 is 0 Å². The molecular weight excluding hydrogens is 310 g/mol. The molecule has 5 nitrogen and oxygen atoms in total. The average molecular weight is 324 g/mol. The van der Waals surface area contributed by atoms with Crippen molar-refractivity contribution in [2.45, 2.75) is 25.2 Å². The van der Waals surface area contributed by atoms with E-state index in [-0.39, 0.29) is 19.4 Å². The van der Waals surface area contributed by atoms with Crippen molar-refractivity contribution in [3.05, 3.63) is 0 Å². The van der Waals surface area contributed by atoms with E-state index in [2.05, 4.69) is 0 Å². The van der Waals surface area contributed by atoms with E-state index in [1.165, 1.54) is 5.32 Å². The first-order valence-electron chi connectivity index (χ1n) is 5.82. The maximum Gasteiger partial charge on any atom is 0.471 e. The zero-order chi connectivity index (χ0) is 16.7. The first-order chi connectivity index (χ1) is 9.50. The van der Waals surface area contributed by atoms with Gasteiger partial charge in [-0.15, -0.1) is 0 Å². The number of hydrogen-bond donors (Lipinski definition) is 2. The van der Waals surface area contributed by atoms with E-state index in [4.69, 9.17) is 5.11 Å². The number of carbonyl (C=O) groups excluding carboxylic acids is 2. The van der Waals surface area contributed by atoms with E-state index in [1.807, 2.05) is 0 Å². The van der Waals surface area contributed by atoms with Crippen LogP contribution < -0.4 is 5.32 Å². The molecule has 21 heavy (non-hydrogen) atoms. The molecule has 2 N–H and O–H groups in total. The summed E-state index contributed by atoms with van der Waals surface area (Å²) in [6.45, 7) is -1.84. The lowest BCUT2D eigenvalue weighted by Crippen LogP contribution is -2.43. The predicted octanol–water partition coefficient (Wildman–Crippen LogP) is 0.828. The average Bonchev–Trinajstić information content (AvgIpc) is 2.34. The Hall–Kier alpha value is -1.52. The number of halogens is 6. The largest absolute Gasteiger partial charge is 0.471 e. The molecule has 0 aromatic heterocycles. The fraction of sp³-hybridized carbons (Fsp3) is 0.800. The van der Waals surface area contributed by atoms with Crippen LogP contribution in [0.15, 0.2) is 0 Å². The number of hydrogen-bond acceptors (Lipinski definition) is 3. The van der Waals surface area contributed by atoms with Gasteiger partial charge in [0.25, 0.3) is 0 Å². The van der Waals surface area contributed by atoms with Crippen LogP contribution in [0.2, 0.25) is 0 Å². The lowest BCUT2D eigenvalue weighted by Gasteiger charge is -2.23. The Labute approximate surface area is 115 Å². The summed E-state index contributed by atoms with van der Waals surface area (Å²) in [4.78, 5) is 21.8.